The number of nitrogens with two attached hydrogens (primary N) is 1. The van der Waals surface area contributed by atoms with Crippen molar-refractivity contribution in [1.29, 1.82) is 0 Å². The number of carbonyl (C=O) groups excluding carboxylic acids is 1. The standard InChI is InChI=1S/C13H17NO2/c1-3-4-5-6-13(15)11-9-10(16-2)7-8-12(11)14/h3,7-9H,1,4-6,14H2,2H3. The van der Waals surface area contributed by atoms with Crippen LogP contribution in [0.5, 0.6) is 5.75 Å². The first-order valence-corrected chi connectivity index (χ1v) is 5.26. The number of hydrogen-bond acceptors (Lipinski definition) is 3. The van der Waals surface area contributed by atoms with Gasteiger partial charge in [-0.25, -0.2) is 0 Å². The van der Waals surface area contributed by atoms with Gasteiger partial charge in [-0.3, -0.25) is 4.79 Å². The summed E-state index contributed by atoms with van der Waals surface area (Å²) >= 11 is 0. The summed E-state index contributed by atoms with van der Waals surface area (Å²) in [6.45, 7) is 3.62. The van der Waals surface area contributed by atoms with Crippen molar-refractivity contribution in [1.82, 2.24) is 0 Å². The molecule has 0 aromatic heterocycles. The number of ketones is 1. The van der Waals surface area contributed by atoms with E-state index >= 15 is 0 Å². The molecule has 0 aliphatic heterocycles. The zero-order valence-electron chi connectivity index (χ0n) is 9.53. The molecule has 0 amide bonds. The normalized spacial score (nSPS) is 9.81. The van der Waals surface area contributed by atoms with Crippen LogP contribution in [-0.4, -0.2) is 12.9 Å². The molecule has 0 unspecified atom stereocenters. The van der Waals surface area contributed by atoms with Crippen LogP contribution in [-0.2, 0) is 0 Å². The van der Waals surface area contributed by atoms with E-state index < -0.39 is 0 Å². The van der Waals surface area contributed by atoms with E-state index in [1.54, 1.807) is 25.3 Å². The molecule has 16 heavy (non-hydrogen) atoms. The summed E-state index contributed by atoms with van der Waals surface area (Å²) in [5, 5.41) is 0. The number of anilines is 1. The molecular formula is C13H17NO2. The molecule has 0 atom stereocenters. The van der Waals surface area contributed by atoms with Gasteiger partial charge in [0.1, 0.15) is 5.75 Å². The minimum Gasteiger partial charge on any atom is -0.497 e. The minimum absolute atomic E-state index is 0.0539. The zero-order valence-corrected chi connectivity index (χ0v) is 9.53. The van der Waals surface area contributed by atoms with E-state index in [1.165, 1.54) is 0 Å². The first kappa shape index (κ1) is 12.3. The molecule has 0 saturated heterocycles. The lowest BCUT2D eigenvalue weighted by atomic mass is 10.0. The minimum atomic E-state index is 0.0539. The second kappa shape index (κ2) is 5.95. The molecule has 3 heteroatoms. The van der Waals surface area contributed by atoms with Gasteiger partial charge in [0.15, 0.2) is 5.78 Å². The van der Waals surface area contributed by atoms with E-state index in [4.69, 9.17) is 10.5 Å². The van der Waals surface area contributed by atoms with Gasteiger partial charge >= 0.3 is 0 Å². The zero-order chi connectivity index (χ0) is 12.0. The number of hydrogen-bond donors (Lipinski definition) is 1. The monoisotopic (exact) mass is 219 g/mol. The van der Waals surface area contributed by atoms with E-state index in [1.807, 2.05) is 6.08 Å². The average Bonchev–Trinajstić information content (AvgIpc) is 2.30. The first-order chi connectivity index (χ1) is 7.69. The highest BCUT2D eigenvalue weighted by atomic mass is 16.5. The molecule has 0 spiro atoms. The lowest BCUT2D eigenvalue weighted by Gasteiger charge is -2.06. The Morgan fingerprint density at radius 3 is 2.94 bits per heavy atom. The van der Waals surface area contributed by atoms with Crippen molar-refractivity contribution in [3.8, 4) is 5.75 Å². The molecule has 0 radical (unpaired) electrons. The summed E-state index contributed by atoms with van der Waals surface area (Å²) < 4.78 is 5.06. The Morgan fingerprint density at radius 2 is 2.31 bits per heavy atom. The van der Waals surface area contributed by atoms with Crippen molar-refractivity contribution in [3.05, 3.63) is 36.4 Å². The molecule has 2 N–H and O–H groups in total. The highest BCUT2D eigenvalue weighted by Crippen LogP contribution is 2.21. The first-order valence-electron chi connectivity index (χ1n) is 5.26. The van der Waals surface area contributed by atoms with Gasteiger partial charge in [0.05, 0.1) is 7.11 Å². The second-order valence-corrected chi connectivity index (χ2v) is 3.56. The van der Waals surface area contributed by atoms with E-state index in [9.17, 15) is 4.79 Å². The highest BCUT2D eigenvalue weighted by molar-refractivity contribution is 6.01. The number of rotatable bonds is 6. The molecule has 1 aromatic rings. The van der Waals surface area contributed by atoms with Crippen molar-refractivity contribution in [2.75, 3.05) is 12.8 Å². The Labute approximate surface area is 95.9 Å². The number of allylic oxidation sites excluding steroid dienone is 1. The fraction of sp³-hybridized carbons (Fsp3) is 0.308. The van der Waals surface area contributed by atoms with Crippen LogP contribution in [0.4, 0.5) is 5.69 Å². The highest BCUT2D eigenvalue weighted by Gasteiger charge is 2.10. The van der Waals surface area contributed by atoms with Gasteiger partial charge in [-0.15, -0.1) is 6.58 Å². The number of benzene rings is 1. The van der Waals surface area contributed by atoms with Gasteiger partial charge in [0.25, 0.3) is 0 Å². The largest absolute Gasteiger partial charge is 0.497 e. The van der Waals surface area contributed by atoms with Gasteiger partial charge in [-0.05, 0) is 31.0 Å². The lowest BCUT2D eigenvalue weighted by Crippen LogP contribution is -2.04. The molecule has 86 valence electrons. The van der Waals surface area contributed by atoms with E-state index in [2.05, 4.69) is 6.58 Å². The van der Waals surface area contributed by atoms with Gasteiger partial charge in [0.2, 0.25) is 0 Å². The van der Waals surface area contributed by atoms with Gasteiger partial charge in [0, 0.05) is 17.7 Å². The van der Waals surface area contributed by atoms with E-state index in [-0.39, 0.29) is 5.78 Å². The fourth-order valence-electron chi connectivity index (χ4n) is 1.45. The van der Waals surface area contributed by atoms with Crippen molar-refractivity contribution in [2.24, 2.45) is 0 Å². The predicted molar refractivity (Wildman–Crippen MR) is 65.8 cm³/mol. The maximum atomic E-state index is 11.8. The second-order valence-electron chi connectivity index (χ2n) is 3.56. The quantitative estimate of drug-likeness (QED) is 0.346. The van der Waals surface area contributed by atoms with E-state index in [0.29, 0.717) is 23.4 Å². The third kappa shape index (κ3) is 3.12. The Hall–Kier alpha value is -1.77. The number of carbonyl (C=O) groups is 1. The van der Waals surface area contributed by atoms with Gasteiger partial charge in [-0.1, -0.05) is 6.08 Å². The molecule has 0 aliphatic rings. The molecular weight excluding hydrogens is 202 g/mol. The number of unbranched alkanes of at least 4 members (excludes halogenated alkanes) is 1. The Bertz CT molecular complexity index is 386. The maximum absolute atomic E-state index is 11.8. The number of ether oxygens (including phenoxy) is 1. The summed E-state index contributed by atoms with van der Waals surface area (Å²) in [5.41, 5.74) is 6.80. The summed E-state index contributed by atoms with van der Waals surface area (Å²) in [6, 6.07) is 5.13. The molecule has 0 saturated carbocycles. The Morgan fingerprint density at radius 1 is 1.56 bits per heavy atom. The van der Waals surface area contributed by atoms with Gasteiger partial charge in [-0.2, -0.15) is 0 Å². The summed E-state index contributed by atoms with van der Waals surface area (Å²) in [7, 11) is 1.57. The smallest absolute Gasteiger partial charge is 0.165 e. The maximum Gasteiger partial charge on any atom is 0.165 e. The van der Waals surface area contributed by atoms with Crippen LogP contribution >= 0.6 is 0 Å². The fourth-order valence-corrected chi connectivity index (χ4v) is 1.45. The Kier molecular flexibility index (Phi) is 4.58. The molecule has 3 nitrogen and oxygen atoms in total. The molecule has 0 fully saturated rings. The van der Waals surface area contributed by atoms with Gasteiger partial charge < -0.3 is 10.5 Å². The number of nitrogen functional groups attached to an aromatic ring is 1. The van der Waals surface area contributed by atoms with Crippen LogP contribution in [0.15, 0.2) is 30.9 Å². The van der Waals surface area contributed by atoms with Crippen LogP contribution in [0.3, 0.4) is 0 Å². The predicted octanol–water partition coefficient (Wildman–Crippen LogP) is 2.82. The third-order valence-corrected chi connectivity index (χ3v) is 2.37. The third-order valence-electron chi connectivity index (χ3n) is 2.37. The van der Waals surface area contributed by atoms with Crippen molar-refractivity contribution >= 4 is 11.5 Å². The molecule has 0 heterocycles. The van der Waals surface area contributed by atoms with E-state index in [0.717, 1.165) is 12.8 Å². The number of Topliss-reactive ketones (excluding diaryl/α,β-unsaturated/α-hetero) is 1. The Balaban J connectivity index is 2.77. The van der Waals surface area contributed by atoms with Crippen molar-refractivity contribution < 1.29 is 9.53 Å². The summed E-state index contributed by atoms with van der Waals surface area (Å²) in [5.74, 6) is 0.708. The topological polar surface area (TPSA) is 52.3 Å². The number of methoxy groups -OCH3 is 1. The average molecular weight is 219 g/mol. The summed E-state index contributed by atoms with van der Waals surface area (Å²) in [6.07, 6.45) is 3.94. The molecule has 0 bridgehead atoms. The SMILES string of the molecule is C=CCCCC(=O)c1cc(OC)ccc1N. The summed E-state index contributed by atoms with van der Waals surface area (Å²) in [4.78, 5) is 11.8. The van der Waals surface area contributed by atoms with Crippen LogP contribution in [0.2, 0.25) is 0 Å². The van der Waals surface area contributed by atoms with Crippen LogP contribution in [0, 0.1) is 0 Å². The molecule has 1 aromatic carbocycles. The van der Waals surface area contributed by atoms with Crippen molar-refractivity contribution in [2.45, 2.75) is 19.3 Å². The van der Waals surface area contributed by atoms with Crippen LogP contribution in [0.25, 0.3) is 0 Å². The molecule has 0 aliphatic carbocycles. The molecule has 1 rings (SSSR count). The van der Waals surface area contributed by atoms with Crippen LogP contribution < -0.4 is 10.5 Å². The van der Waals surface area contributed by atoms with Crippen LogP contribution in [0.1, 0.15) is 29.6 Å². The van der Waals surface area contributed by atoms with Crippen molar-refractivity contribution in [3.63, 3.8) is 0 Å². The lowest BCUT2D eigenvalue weighted by molar-refractivity contribution is 0.0981.